The van der Waals surface area contributed by atoms with Crippen LogP contribution in [0.5, 0.6) is 0 Å². The quantitative estimate of drug-likeness (QED) is 0.697. The van der Waals surface area contributed by atoms with Crippen molar-refractivity contribution in [2.24, 2.45) is 0 Å². The summed E-state index contributed by atoms with van der Waals surface area (Å²) in [6, 6.07) is 6.64. The molecule has 1 rings (SSSR count). The van der Waals surface area contributed by atoms with Gasteiger partial charge in [-0.1, -0.05) is 24.1 Å². The molecule has 1 atom stereocenters. The van der Waals surface area contributed by atoms with Crippen molar-refractivity contribution < 1.29 is 4.39 Å². The van der Waals surface area contributed by atoms with Crippen LogP contribution in [-0.2, 0) is 0 Å². The first-order valence-electron chi connectivity index (χ1n) is 4.17. The number of rotatable bonds is 3. The summed E-state index contributed by atoms with van der Waals surface area (Å²) in [5.41, 5.74) is 0.651. The Kier molecular flexibility index (Phi) is 3.48. The van der Waals surface area contributed by atoms with Gasteiger partial charge in [-0.2, -0.15) is 0 Å². The molecule has 68 valence electrons. The van der Waals surface area contributed by atoms with E-state index in [1.54, 1.807) is 12.1 Å². The summed E-state index contributed by atoms with van der Waals surface area (Å²) in [6.07, 6.45) is 5.09. The van der Waals surface area contributed by atoms with Crippen molar-refractivity contribution in [3.8, 4) is 12.3 Å². The van der Waals surface area contributed by atoms with Crippen LogP contribution in [0.1, 0.15) is 18.5 Å². The predicted molar refractivity (Wildman–Crippen MR) is 51.7 cm³/mol. The molecule has 0 spiro atoms. The van der Waals surface area contributed by atoms with Crippen LogP contribution in [0.25, 0.3) is 0 Å². The van der Waals surface area contributed by atoms with E-state index in [2.05, 4.69) is 11.2 Å². The highest BCUT2D eigenvalue weighted by Gasteiger charge is 2.07. The lowest BCUT2D eigenvalue weighted by atomic mass is 10.1. The molecule has 2 heteroatoms. The van der Waals surface area contributed by atoms with Crippen LogP contribution in [0.15, 0.2) is 24.3 Å². The summed E-state index contributed by atoms with van der Waals surface area (Å²) < 4.78 is 13.2. The number of terminal acetylenes is 1. The summed E-state index contributed by atoms with van der Waals surface area (Å²) in [6.45, 7) is 2.34. The largest absolute Gasteiger partial charge is 0.299 e. The SMILES string of the molecule is C#CCN[C@@H](C)c1ccccc1F. The van der Waals surface area contributed by atoms with Crippen molar-refractivity contribution >= 4 is 0 Å². The zero-order chi connectivity index (χ0) is 9.68. The third-order valence-corrected chi connectivity index (χ3v) is 1.88. The van der Waals surface area contributed by atoms with Gasteiger partial charge in [-0.25, -0.2) is 4.39 Å². The molecule has 0 aliphatic heterocycles. The minimum absolute atomic E-state index is 0.0442. The molecule has 1 N–H and O–H groups in total. The molecule has 0 amide bonds. The minimum atomic E-state index is -0.195. The maximum absolute atomic E-state index is 13.2. The zero-order valence-electron chi connectivity index (χ0n) is 7.55. The average molecular weight is 177 g/mol. The lowest BCUT2D eigenvalue weighted by molar-refractivity contribution is 0.551. The lowest BCUT2D eigenvalue weighted by Gasteiger charge is -2.12. The fraction of sp³-hybridized carbons (Fsp3) is 0.273. The second-order valence-corrected chi connectivity index (χ2v) is 2.83. The summed E-state index contributed by atoms with van der Waals surface area (Å²) in [5.74, 6) is 2.26. The lowest BCUT2D eigenvalue weighted by Crippen LogP contribution is -2.19. The summed E-state index contributed by atoms with van der Waals surface area (Å²) in [5, 5.41) is 3.01. The molecule has 0 aliphatic carbocycles. The number of hydrogen-bond acceptors (Lipinski definition) is 1. The molecule has 1 aromatic carbocycles. The first-order chi connectivity index (χ1) is 6.25. The van der Waals surface area contributed by atoms with Crippen molar-refractivity contribution in [2.45, 2.75) is 13.0 Å². The molecular weight excluding hydrogens is 165 g/mol. The van der Waals surface area contributed by atoms with E-state index in [0.29, 0.717) is 12.1 Å². The highest BCUT2D eigenvalue weighted by atomic mass is 19.1. The maximum atomic E-state index is 13.2. The monoisotopic (exact) mass is 177 g/mol. The van der Waals surface area contributed by atoms with E-state index >= 15 is 0 Å². The van der Waals surface area contributed by atoms with Crippen molar-refractivity contribution in [2.75, 3.05) is 6.54 Å². The van der Waals surface area contributed by atoms with Gasteiger partial charge in [0.1, 0.15) is 5.82 Å². The van der Waals surface area contributed by atoms with E-state index in [0.717, 1.165) is 0 Å². The molecule has 0 bridgehead atoms. The van der Waals surface area contributed by atoms with Crippen LogP contribution in [0.3, 0.4) is 0 Å². The van der Waals surface area contributed by atoms with Crippen LogP contribution < -0.4 is 5.32 Å². The zero-order valence-corrected chi connectivity index (χ0v) is 7.55. The Morgan fingerprint density at radius 1 is 1.54 bits per heavy atom. The third kappa shape index (κ3) is 2.57. The number of benzene rings is 1. The Bertz CT molecular complexity index is 314. The second kappa shape index (κ2) is 4.64. The molecule has 13 heavy (non-hydrogen) atoms. The minimum Gasteiger partial charge on any atom is -0.299 e. The Hall–Kier alpha value is -1.33. The number of halogens is 1. The van der Waals surface area contributed by atoms with E-state index in [9.17, 15) is 4.39 Å². The average Bonchev–Trinajstić information content (AvgIpc) is 2.15. The molecule has 0 aromatic heterocycles. The number of hydrogen-bond donors (Lipinski definition) is 1. The maximum Gasteiger partial charge on any atom is 0.127 e. The van der Waals surface area contributed by atoms with Crippen molar-refractivity contribution in [1.82, 2.24) is 5.32 Å². The van der Waals surface area contributed by atoms with Crippen molar-refractivity contribution in [1.29, 1.82) is 0 Å². The molecule has 0 radical (unpaired) electrons. The molecule has 0 fully saturated rings. The van der Waals surface area contributed by atoms with Gasteiger partial charge in [-0.15, -0.1) is 6.42 Å². The molecule has 0 unspecified atom stereocenters. The van der Waals surface area contributed by atoms with Gasteiger partial charge in [0.05, 0.1) is 6.54 Å². The van der Waals surface area contributed by atoms with Gasteiger partial charge in [0.25, 0.3) is 0 Å². The topological polar surface area (TPSA) is 12.0 Å². The molecular formula is C11H12FN. The highest BCUT2D eigenvalue weighted by Crippen LogP contribution is 2.15. The fourth-order valence-electron chi connectivity index (χ4n) is 1.15. The normalized spacial score (nSPS) is 12.1. The van der Waals surface area contributed by atoms with Crippen LogP contribution in [0.4, 0.5) is 4.39 Å². The van der Waals surface area contributed by atoms with Crippen LogP contribution in [-0.4, -0.2) is 6.54 Å². The van der Waals surface area contributed by atoms with Gasteiger partial charge in [0, 0.05) is 11.6 Å². The second-order valence-electron chi connectivity index (χ2n) is 2.83. The predicted octanol–water partition coefficient (Wildman–Crippen LogP) is 2.11. The standard InChI is InChI=1S/C11H12FN/c1-3-8-13-9(2)10-6-4-5-7-11(10)12/h1,4-7,9,13H,8H2,2H3/t9-/m0/s1. The molecule has 0 saturated heterocycles. The van der Waals surface area contributed by atoms with Gasteiger partial charge in [-0.05, 0) is 13.0 Å². The first kappa shape index (κ1) is 9.76. The van der Waals surface area contributed by atoms with Crippen LogP contribution in [0, 0.1) is 18.2 Å². The summed E-state index contributed by atoms with van der Waals surface area (Å²) in [7, 11) is 0. The Morgan fingerprint density at radius 3 is 2.85 bits per heavy atom. The van der Waals surface area contributed by atoms with Gasteiger partial charge < -0.3 is 0 Å². The van der Waals surface area contributed by atoms with Crippen LogP contribution >= 0.6 is 0 Å². The summed E-state index contributed by atoms with van der Waals surface area (Å²) >= 11 is 0. The van der Waals surface area contributed by atoms with E-state index in [1.165, 1.54) is 6.07 Å². The highest BCUT2D eigenvalue weighted by molar-refractivity contribution is 5.20. The van der Waals surface area contributed by atoms with Gasteiger partial charge in [0.15, 0.2) is 0 Å². The summed E-state index contributed by atoms with van der Waals surface area (Å²) in [4.78, 5) is 0. The van der Waals surface area contributed by atoms with Crippen molar-refractivity contribution in [3.63, 3.8) is 0 Å². The van der Waals surface area contributed by atoms with E-state index in [-0.39, 0.29) is 11.9 Å². The molecule has 1 aromatic rings. The fourth-order valence-corrected chi connectivity index (χ4v) is 1.15. The Morgan fingerprint density at radius 2 is 2.23 bits per heavy atom. The number of nitrogens with one attached hydrogen (secondary N) is 1. The Labute approximate surface area is 78.0 Å². The first-order valence-corrected chi connectivity index (χ1v) is 4.17. The molecule has 0 saturated carbocycles. The van der Waals surface area contributed by atoms with E-state index in [1.807, 2.05) is 13.0 Å². The third-order valence-electron chi connectivity index (χ3n) is 1.88. The van der Waals surface area contributed by atoms with Gasteiger partial charge in [-0.3, -0.25) is 5.32 Å². The molecule has 1 nitrogen and oxygen atoms in total. The Balaban J connectivity index is 2.72. The smallest absolute Gasteiger partial charge is 0.127 e. The van der Waals surface area contributed by atoms with Gasteiger partial charge in [0.2, 0.25) is 0 Å². The van der Waals surface area contributed by atoms with Crippen LogP contribution in [0.2, 0.25) is 0 Å². The molecule has 0 aliphatic rings. The van der Waals surface area contributed by atoms with E-state index < -0.39 is 0 Å². The van der Waals surface area contributed by atoms with Gasteiger partial charge >= 0.3 is 0 Å². The van der Waals surface area contributed by atoms with E-state index in [4.69, 9.17) is 6.42 Å². The van der Waals surface area contributed by atoms with Crippen molar-refractivity contribution in [3.05, 3.63) is 35.6 Å². The molecule has 0 heterocycles.